The van der Waals surface area contributed by atoms with E-state index < -0.39 is 23.7 Å². The monoisotopic (exact) mass is 588 g/mol. The van der Waals surface area contributed by atoms with Crippen LogP contribution in [0.25, 0.3) is 16.9 Å². The van der Waals surface area contributed by atoms with E-state index in [-0.39, 0.29) is 35.2 Å². The van der Waals surface area contributed by atoms with Gasteiger partial charge >= 0.3 is 12.3 Å². The van der Waals surface area contributed by atoms with Crippen molar-refractivity contribution in [1.82, 2.24) is 24.5 Å². The summed E-state index contributed by atoms with van der Waals surface area (Å²) in [6.07, 6.45) is 1.84. The summed E-state index contributed by atoms with van der Waals surface area (Å²) in [5.74, 6) is -0.356. The van der Waals surface area contributed by atoms with Crippen LogP contribution in [0.4, 0.5) is 35.3 Å². The summed E-state index contributed by atoms with van der Waals surface area (Å²) in [5.41, 5.74) is 7.13. The number of amides is 2. The molecule has 0 aliphatic rings. The molecule has 5 rings (SSSR count). The van der Waals surface area contributed by atoms with Gasteiger partial charge in [-0.25, -0.2) is 19.7 Å². The molecule has 14 heteroatoms. The lowest BCUT2D eigenvalue weighted by Gasteiger charge is -2.14. The van der Waals surface area contributed by atoms with Gasteiger partial charge in [-0.05, 0) is 61.0 Å². The van der Waals surface area contributed by atoms with E-state index in [1.54, 1.807) is 48.9 Å². The molecule has 3 heterocycles. The molecule has 2 amide bonds. The number of alkyl halides is 3. The van der Waals surface area contributed by atoms with Gasteiger partial charge in [-0.1, -0.05) is 6.07 Å². The fourth-order valence-corrected chi connectivity index (χ4v) is 4.04. The Labute approximate surface area is 242 Å². The van der Waals surface area contributed by atoms with Crippen LogP contribution in [0.1, 0.15) is 27.2 Å². The minimum atomic E-state index is -4.70. The highest BCUT2D eigenvalue weighted by molar-refractivity contribution is 6.05. The van der Waals surface area contributed by atoms with E-state index in [1.807, 2.05) is 13.0 Å². The Morgan fingerprint density at radius 1 is 1.05 bits per heavy atom. The third-order valence-corrected chi connectivity index (χ3v) is 6.16. The number of nitrogens with two attached hydrogens (primary N) is 1. The molecule has 0 fully saturated rings. The molecule has 4 N–H and O–H groups in total. The van der Waals surface area contributed by atoms with E-state index in [4.69, 9.17) is 5.73 Å². The third kappa shape index (κ3) is 7.11. The van der Waals surface area contributed by atoms with Crippen LogP contribution in [0, 0.1) is 6.92 Å². The first kappa shape index (κ1) is 28.7. The number of aromatic nitrogens is 5. The number of carbonyl (C=O) groups is 2. The molecule has 0 spiro atoms. The van der Waals surface area contributed by atoms with Crippen LogP contribution in [0.5, 0.6) is 0 Å². The molecule has 0 bridgehead atoms. The van der Waals surface area contributed by atoms with Crippen molar-refractivity contribution >= 4 is 29.3 Å². The first-order valence-electron chi connectivity index (χ1n) is 12.7. The lowest BCUT2D eigenvalue weighted by Crippen LogP contribution is -2.14. The first-order valence-corrected chi connectivity index (χ1v) is 12.7. The number of halogens is 3. The number of anilines is 3. The van der Waals surface area contributed by atoms with Gasteiger partial charge in [0.2, 0.25) is 5.95 Å². The normalized spacial score (nSPS) is 11.2. The lowest BCUT2D eigenvalue weighted by atomic mass is 10.1. The van der Waals surface area contributed by atoms with E-state index >= 15 is 0 Å². The second kappa shape index (κ2) is 12.0. The van der Waals surface area contributed by atoms with Crippen LogP contribution < -0.4 is 16.4 Å². The summed E-state index contributed by atoms with van der Waals surface area (Å²) in [6.45, 7) is 1.56. The zero-order valence-corrected chi connectivity index (χ0v) is 22.5. The van der Waals surface area contributed by atoms with Crippen molar-refractivity contribution in [2.45, 2.75) is 19.7 Å². The number of rotatable bonds is 8. The highest BCUT2D eigenvalue weighted by atomic mass is 19.4. The van der Waals surface area contributed by atoms with Crippen LogP contribution >= 0.6 is 0 Å². The molecular weight excluding hydrogens is 565 g/mol. The maximum absolute atomic E-state index is 13.7. The number of pyridine rings is 1. The number of benzene rings is 2. The standard InChI is InChI=1S/C29H23F3N8O3/c1-17-4-5-18(9-25(17)39-28-35-8-6-24(38-28)19-3-2-7-34-13-19)26(41)37-21-10-20(29(30,31)32)11-23(12-21)40-14-22(36-16-40)15-43-27(33)42/h2-14,16H,15H2,1H3,(H2,33,42)(H,37,41)(H,35,38,39). The molecule has 2 aromatic carbocycles. The number of carbonyl (C=O) groups excluding carboxylic acids is 2. The minimum Gasteiger partial charge on any atom is -0.443 e. The molecule has 0 atom stereocenters. The van der Waals surface area contributed by atoms with Gasteiger partial charge in [0.05, 0.1) is 23.3 Å². The topological polar surface area (TPSA) is 150 Å². The van der Waals surface area contributed by atoms with Crippen molar-refractivity contribution in [3.63, 3.8) is 0 Å². The summed E-state index contributed by atoms with van der Waals surface area (Å²) < 4.78 is 47.2. The van der Waals surface area contributed by atoms with Crippen LogP contribution in [0.2, 0.25) is 0 Å². The molecule has 0 radical (unpaired) electrons. The van der Waals surface area contributed by atoms with E-state index in [0.717, 1.165) is 23.3 Å². The summed E-state index contributed by atoms with van der Waals surface area (Å²) in [7, 11) is 0. The smallest absolute Gasteiger partial charge is 0.416 e. The van der Waals surface area contributed by atoms with Gasteiger partial charge < -0.3 is 25.7 Å². The zero-order valence-electron chi connectivity index (χ0n) is 22.5. The van der Waals surface area contributed by atoms with Gasteiger partial charge in [-0.2, -0.15) is 13.2 Å². The van der Waals surface area contributed by atoms with Gasteiger partial charge in [0, 0.05) is 53.0 Å². The van der Waals surface area contributed by atoms with Gasteiger partial charge in [-0.15, -0.1) is 0 Å². The minimum absolute atomic E-state index is 0.0693. The average Bonchev–Trinajstić information content (AvgIpc) is 3.46. The maximum atomic E-state index is 13.7. The number of imidazole rings is 1. The number of hydrogen-bond donors (Lipinski definition) is 3. The van der Waals surface area contributed by atoms with Crippen LogP contribution in [-0.2, 0) is 17.5 Å². The van der Waals surface area contributed by atoms with Crippen molar-refractivity contribution in [3.05, 3.63) is 108 Å². The molecular formula is C29H23F3N8O3. The molecule has 43 heavy (non-hydrogen) atoms. The van der Waals surface area contributed by atoms with E-state index in [2.05, 4.69) is 35.3 Å². The molecule has 0 unspecified atom stereocenters. The van der Waals surface area contributed by atoms with Gasteiger partial charge in [0.1, 0.15) is 6.61 Å². The molecule has 218 valence electrons. The van der Waals surface area contributed by atoms with Crippen LogP contribution in [-0.4, -0.2) is 36.5 Å². The largest absolute Gasteiger partial charge is 0.443 e. The number of nitrogens with zero attached hydrogens (tertiary/aromatic N) is 5. The van der Waals surface area contributed by atoms with Crippen molar-refractivity contribution in [3.8, 4) is 16.9 Å². The molecule has 0 saturated heterocycles. The highest BCUT2D eigenvalue weighted by Crippen LogP contribution is 2.33. The summed E-state index contributed by atoms with van der Waals surface area (Å²) >= 11 is 0. The Morgan fingerprint density at radius 3 is 2.63 bits per heavy atom. The molecule has 3 aromatic heterocycles. The fourth-order valence-electron chi connectivity index (χ4n) is 4.04. The van der Waals surface area contributed by atoms with E-state index in [9.17, 15) is 22.8 Å². The van der Waals surface area contributed by atoms with Crippen molar-refractivity contribution in [2.24, 2.45) is 5.73 Å². The second-order valence-electron chi connectivity index (χ2n) is 9.26. The van der Waals surface area contributed by atoms with Gasteiger partial charge in [-0.3, -0.25) is 9.78 Å². The Bertz CT molecular complexity index is 1790. The van der Waals surface area contributed by atoms with Crippen molar-refractivity contribution in [1.29, 1.82) is 0 Å². The van der Waals surface area contributed by atoms with Crippen molar-refractivity contribution < 1.29 is 27.5 Å². The fraction of sp³-hybridized carbons (Fsp3) is 0.103. The van der Waals surface area contributed by atoms with Gasteiger partial charge in [0.25, 0.3) is 5.91 Å². The number of hydrogen-bond acceptors (Lipinski definition) is 8. The van der Waals surface area contributed by atoms with Crippen LogP contribution in [0.15, 0.2) is 85.7 Å². The summed E-state index contributed by atoms with van der Waals surface area (Å²) in [6, 6.07) is 13.3. The number of nitrogens with one attached hydrogen (secondary N) is 2. The quantitative estimate of drug-likeness (QED) is 0.211. The highest BCUT2D eigenvalue weighted by Gasteiger charge is 2.31. The summed E-state index contributed by atoms with van der Waals surface area (Å²) in [4.78, 5) is 40.9. The van der Waals surface area contributed by atoms with E-state index in [1.165, 1.54) is 23.2 Å². The Morgan fingerprint density at radius 2 is 1.88 bits per heavy atom. The number of primary amides is 1. The second-order valence-corrected chi connectivity index (χ2v) is 9.26. The number of ether oxygens (including phenoxy) is 1. The predicted molar refractivity (Wildman–Crippen MR) is 151 cm³/mol. The lowest BCUT2D eigenvalue weighted by molar-refractivity contribution is -0.137. The Balaban J connectivity index is 1.39. The average molecular weight is 589 g/mol. The first-order chi connectivity index (χ1) is 20.5. The predicted octanol–water partition coefficient (Wildman–Crippen LogP) is 5.64. The Kier molecular flexibility index (Phi) is 8.00. The zero-order chi connectivity index (χ0) is 30.6. The van der Waals surface area contributed by atoms with Crippen molar-refractivity contribution in [2.75, 3.05) is 10.6 Å². The molecule has 11 nitrogen and oxygen atoms in total. The maximum Gasteiger partial charge on any atom is 0.416 e. The summed E-state index contributed by atoms with van der Waals surface area (Å²) in [5, 5.41) is 5.64. The van der Waals surface area contributed by atoms with E-state index in [0.29, 0.717) is 11.4 Å². The molecule has 5 aromatic rings. The molecule has 0 aliphatic heterocycles. The van der Waals surface area contributed by atoms with Crippen LogP contribution in [0.3, 0.4) is 0 Å². The SMILES string of the molecule is Cc1ccc(C(=O)Nc2cc(-n3cnc(COC(N)=O)c3)cc(C(F)(F)F)c2)cc1Nc1nccc(-c2cccnc2)n1. The molecule has 0 aliphatic carbocycles. The Hall–Kier alpha value is -5.79. The molecule has 0 saturated carbocycles. The number of aryl methyl sites for hydroxylation is 1. The van der Waals surface area contributed by atoms with Gasteiger partial charge in [0.15, 0.2) is 0 Å². The third-order valence-electron chi connectivity index (χ3n) is 6.16.